The Labute approximate surface area is 69.9 Å². The number of hydrogen-bond donors (Lipinski definition) is 1. The largest absolute Gasteiger partial charge is 0.369 e. The smallest absolute Gasteiger partial charge is 0.281 e. The summed E-state index contributed by atoms with van der Waals surface area (Å²) in [5, 5.41) is 17.0. The van der Waals surface area contributed by atoms with Crippen LogP contribution in [0, 0.1) is 15.5 Å². The van der Waals surface area contributed by atoms with Crippen LogP contribution in [0.4, 0.5) is 0 Å². The van der Waals surface area contributed by atoms with E-state index < -0.39 is 11.0 Å². The lowest BCUT2D eigenvalue weighted by Gasteiger charge is -2.06. The molecule has 0 aromatic carbocycles. The van der Waals surface area contributed by atoms with E-state index in [1.54, 1.807) is 19.0 Å². The Hall–Kier alpha value is -1.66. The molecular weight excluding hydrogens is 162 g/mol. The third-order valence-corrected chi connectivity index (χ3v) is 0.962. The fourth-order valence-electron chi connectivity index (χ4n) is 0.331. The molecular formula is C5H11N5O2. The Bertz CT molecular complexity index is 212. The molecule has 0 rings (SSSR count). The maximum Gasteiger partial charge on any atom is 0.281 e. The minimum absolute atomic E-state index is 0.409. The van der Waals surface area contributed by atoms with E-state index in [9.17, 15) is 10.1 Å². The van der Waals surface area contributed by atoms with Crippen molar-refractivity contribution in [3.8, 4) is 0 Å². The summed E-state index contributed by atoms with van der Waals surface area (Å²) in [6.07, 6.45) is 1.32. The average Bonchev–Trinajstić information content (AvgIpc) is 1.98. The van der Waals surface area contributed by atoms with E-state index in [1.807, 2.05) is 0 Å². The average molecular weight is 173 g/mol. The first-order valence-corrected chi connectivity index (χ1v) is 3.12. The van der Waals surface area contributed by atoms with Gasteiger partial charge in [-0.2, -0.15) is 4.99 Å². The monoisotopic (exact) mass is 173 g/mol. The van der Waals surface area contributed by atoms with Crippen LogP contribution in [0.5, 0.6) is 0 Å². The molecule has 0 amide bonds. The predicted octanol–water partition coefficient (Wildman–Crippen LogP) is -0.365. The summed E-state index contributed by atoms with van der Waals surface area (Å²) in [6, 6.07) is 0. The fourth-order valence-corrected chi connectivity index (χ4v) is 0.331. The molecule has 0 saturated carbocycles. The van der Waals surface area contributed by atoms with Crippen molar-refractivity contribution in [2.24, 2.45) is 4.99 Å². The molecule has 7 heteroatoms. The maximum atomic E-state index is 10.1. The van der Waals surface area contributed by atoms with Crippen LogP contribution in [0.2, 0.25) is 0 Å². The van der Waals surface area contributed by atoms with Crippen LogP contribution in [-0.2, 0) is 0 Å². The van der Waals surface area contributed by atoms with Gasteiger partial charge < -0.3 is 4.90 Å². The molecule has 0 heterocycles. The second-order valence-corrected chi connectivity index (χ2v) is 2.29. The van der Waals surface area contributed by atoms with Crippen molar-refractivity contribution in [3.05, 3.63) is 10.1 Å². The van der Waals surface area contributed by atoms with Gasteiger partial charge in [-0.3, -0.25) is 5.41 Å². The Kier molecular flexibility index (Phi) is 3.68. The Morgan fingerprint density at radius 3 is 2.42 bits per heavy atom. The molecule has 68 valence electrons. The molecule has 0 aliphatic heterocycles. The highest BCUT2D eigenvalue weighted by atomic mass is 16.7. The zero-order valence-electron chi connectivity index (χ0n) is 7.18. The van der Waals surface area contributed by atoms with Gasteiger partial charge in [-0.05, 0) is 0 Å². The van der Waals surface area contributed by atoms with Gasteiger partial charge in [0.05, 0.1) is 13.4 Å². The first-order chi connectivity index (χ1) is 5.45. The molecule has 1 N–H and O–H groups in total. The minimum Gasteiger partial charge on any atom is -0.369 e. The van der Waals surface area contributed by atoms with Crippen LogP contribution in [0.3, 0.4) is 0 Å². The topological polar surface area (TPSA) is 85.8 Å². The van der Waals surface area contributed by atoms with E-state index in [-0.39, 0.29) is 0 Å². The summed E-state index contributed by atoms with van der Waals surface area (Å²) in [7, 11) is 4.58. The normalized spacial score (nSPS) is 9.92. The Morgan fingerprint density at radius 2 is 2.08 bits per heavy atom. The van der Waals surface area contributed by atoms with E-state index >= 15 is 0 Å². The van der Waals surface area contributed by atoms with E-state index in [4.69, 9.17) is 5.41 Å². The third-order valence-electron chi connectivity index (χ3n) is 0.962. The summed E-state index contributed by atoms with van der Waals surface area (Å²) < 4.78 is 0. The summed E-state index contributed by atoms with van der Waals surface area (Å²) in [4.78, 5) is 15.2. The van der Waals surface area contributed by atoms with Crippen LogP contribution in [0.25, 0.3) is 0 Å². The van der Waals surface area contributed by atoms with E-state index in [0.717, 1.165) is 7.05 Å². The zero-order valence-corrected chi connectivity index (χ0v) is 7.18. The predicted molar refractivity (Wildman–Crippen MR) is 44.7 cm³/mol. The second kappa shape index (κ2) is 4.27. The SMILES string of the molecule is CN(C)C=NC(=N)N(C)[N+](=O)[O-]. The molecule has 0 fully saturated rings. The minimum atomic E-state index is -0.713. The molecule has 0 spiro atoms. The van der Waals surface area contributed by atoms with Crippen molar-refractivity contribution in [3.63, 3.8) is 0 Å². The van der Waals surface area contributed by atoms with Gasteiger partial charge in [0, 0.05) is 14.1 Å². The molecule has 0 aliphatic rings. The van der Waals surface area contributed by atoms with Gasteiger partial charge in [-0.15, -0.1) is 0 Å². The highest BCUT2D eigenvalue weighted by Crippen LogP contribution is 1.85. The molecule has 0 saturated heterocycles. The summed E-state index contributed by atoms with van der Waals surface area (Å²) in [5.74, 6) is -0.409. The number of rotatable bonds is 2. The number of guanidine groups is 1. The molecule has 0 unspecified atom stereocenters. The van der Waals surface area contributed by atoms with Crippen LogP contribution in [0.1, 0.15) is 0 Å². The first-order valence-electron chi connectivity index (χ1n) is 3.12. The van der Waals surface area contributed by atoms with E-state index in [1.165, 1.54) is 6.34 Å². The maximum absolute atomic E-state index is 10.1. The van der Waals surface area contributed by atoms with Gasteiger partial charge in [0.25, 0.3) is 5.96 Å². The third kappa shape index (κ3) is 3.49. The molecule has 0 bridgehead atoms. The highest BCUT2D eigenvalue weighted by Gasteiger charge is 2.11. The van der Waals surface area contributed by atoms with E-state index in [0.29, 0.717) is 5.01 Å². The second-order valence-electron chi connectivity index (χ2n) is 2.29. The summed E-state index contributed by atoms with van der Waals surface area (Å²) in [5.41, 5.74) is 0. The lowest BCUT2D eigenvalue weighted by molar-refractivity contribution is -0.623. The summed E-state index contributed by atoms with van der Waals surface area (Å²) in [6.45, 7) is 0. The lowest BCUT2D eigenvalue weighted by atomic mass is 10.9. The lowest BCUT2D eigenvalue weighted by Crippen LogP contribution is -2.30. The molecule has 7 nitrogen and oxygen atoms in total. The molecule has 12 heavy (non-hydrogen) atoms. The molecule has 0 aliphatic carbocycles. The zero-order chi connectivity index (χ0) is 9.72. The Morgan fingerprint density at radius 1 is 1.58 bits per heavy atom. The Balaban J connectivity index is 4.13. The van der Waals surface area contributed by atoms with Gasteiger partial charge in [0.1, 0.15) is 0 Å². The molecule has 0 atom stereocenters. The summed E-state index contributed by atoms with van der Waals surface area (Å²) >= 11 is 0. The van der Waals surface area contributed by atoms with Crippen LogP contribution < -0.4 is 0 Å². The van der Waals surface area contributed by atoms with Gasteiger partial charge in [0.15, 0.2) is 5.03 Å². The van der Waals surface area contributed by atoms with Crippen LogP contribution >= 0.6 is 0 Å². The molecule has 0 aromatic heterocycles. The number of nitrogens with one attached hydrogen (secondary N) is 1. The van der Waals surface area contributed by atoms with Crippen molar-refractivity contribution in [2.45, 2.75) is 0 Å². The molecule has 0 radical (unpaired) electrons. The van der Waals surface area contributed by atoms with Crippen molar-refractivity contribution in [1.29, 1.82) is 5.41 Å². The standard InChI is InChI=1S/C5H11N5O2/c1-8(2)4-7-5(6)9(3)10(11)12/h4,6H,1-3H3. The highest BCUT2D eigenvalue weighted by molar-refractivity contribution is 5.83. The van der Waals surface area contributed by atoms with E-state index in [2.05, 4.69) is 4.99 Å². The first kappa shape index (κ1) is 10.3. The van der Waals surface area contributed by atoms with Crippen molar-refractivity contribution >= 4 is 12.3 Å². The van der Waals surface area contributed by atoms with Gasteiger partial charge >= 0.3 is 0 Å². The van der Waals surface area contributed by atoms with Crippen LogP contribution in [-0.4, -0.2) is 48.4 Å². The van der Waals surface area contributed by atoms with Gasteiger partial charge in [-0.1, -0.05) is 5.01 Å². The number of hydrogen-bond acceptors (Lipinski definition) is 3. The van der Waals surface area contributed by atoms with Crippen molar-refractivity contribution in [2.75, 3.05) is 21.1 Å². The fraction of sp³-hybridized carbons (Fsp3) is 0.600. The van der Waals surface area contributed by atoms with Crippen molar-refractivity contribution in [1.82, 2.24) is 9.91 Å². The number of nitro groups is 1. The van der Waals surface area contributed by atoms with Crippen LogP contribution in [0.15, 0.2) is 4.99 Å². The number of nitrogens with zero attached hydrogens (tertiary/aromatic N) is 4. The quantitative estimate of drug-likeness (QED) is 0.267. The number of aliphatic imine (C=N–C) groups is 1. The molecule has 0 aromatic rings. The van der Waals surface area contributed by atoms with Crippen molar-refractivity contribution < 1.29 is 5.03 Å². The number of hydrazine groups is 1. The van der Waals surface area contributed by atoms with Gasteiger partial charge in [-0.25, -0.2) is 10.1 Å². The van der Waals surface area contributed by atoms with Gasteiger partial charge in [0.2, 0.25) is 0 Å².